The number of phenolic OH excluding ortho intramolecular Hbond substituents is 1. The molecule has 0 saturated heterocycles. The van der Waals surface area contributed by atoms with Gasteiger partial charge < -0.3 is 15.0 Å². The Labute approximate surface area is 92.5 Å². The summed E-state index contributed by atoms with van der Waals surface area (Å²) < 4.78 is 2.00. The summed E-state index contributed by atoms with van der Waals surface area (Å²) in [4.78, 5) is 11.8. The maximum atomic E-state index is 11.8. The first kappa shape index (κ1) is 9.27. The molecule has 2 aromatic rings. The van der Waals surface area contributed by atoms with Crippen molar-refractivity contribution < 1.29 is 9.90 Å². The van der Waals surface area contributed by atoms with Crippen LogP contribution in [0.2, 0.25) is 0 Å². The minimum Gasteiger partial charge on any atom is -0.508 e. The normalized spacial score (nSPS) is 19.6. The molecule has 0 saturated carbocycles. The lowest BCUT2D eigenvalue weighted by Gasteiger charge is -2.23. The molecule has 1 amide bonds. The van der Waals surface area contributed by atoms with Crippen molar-refractivity contribution in [3.63, 3.8) is 0 Å². The molecule has 1 atom stereocenters. The molecule has 0 aliphatic carbocycles. The minimum absolute atomic E-state index is 0.0468. The predicted molar refractivity (Wildman–Crippen MR) is 60.5 cm³/mol. The van der Waals surface area contributed by atoms with Crippen molar-refractivity contribution in [2.45, 2.75) is 19.5 Å². The predicted octanol–water partition coefficient (Wildman–Crippen LogP) is 1.48. The highest BCUT2D eigenvalue weighted by Crippen LogP contribution is 2.25. The van der Waals surface area contributed by atoms with E-state index in [0.29, 0.717) is 5.69 Å². The smallest absolute Gasteiger partial charge is 0.268 e. The van der Waals surface area contributed by atoms with Gasteiger partial charge in [-0.3, -0.25) is 4.79 Å². The molecule has 1 aliphatic heterocycles. The number of rotatable bonds is 0. The average Bonchev–Trinajstić information content (AvgIpc) is 2.56. The molecule has 82 valence electrons. The number of fused-ring (bicyclic) bond motifs is 3. The number of nitrogens with one attached hydrogen (secondary N) is 1. The second-order valence-electron chi connectivity index (χ2n) is 4.26. The SMILES string of the molecule is C[C@@H]1Cn2c(cc3cc(O)ccc32)C(=O)N1. The van der Waals surface area contributed by atoms with E-state index in [1.54, 1.807) is 12.1 Å². The summed E-state index contributed by atoms with van der Waals surface area (Å²) in [6.45, 7) is 2.75. The summed E-state index contributed by atoms with van der Waals surface area (Å²) in [6.07, 6.45) is 0. The fourth-order valence-corrected chi connectivity index (χ4v) is 2.26. The Morgan fingerprint density at radius 3 is 3.06 bits per heavy atom. The Kier molecular flexibility index (Phi) is 1.74. The molecule has 0 spiro atoms. The third kappa shape index (κ3) is 1.19. The van der Waals surface area contributed by atoms with Crippen molar-refractivity contribution in [2.75, 3.05) is 0 Å². The molecular weight excluding hydrogens is 204 g/mol. The summed E-state index contributed by atoms with van der Waals surface area (Å²) >= 11 is 0. The van der Waals surface area contributed by atoms with Gasteiger partial charge in [0.15, 0.2) is 0 Å². The van der Waals surface area contributed by atoms with E-state index < -0.39 is 0 Å². The van der Waals surface area contributed by atoms with Gasteiger partial charge in [-0.05, 0) is 31.2 Å². The van der Waals surface area contributed by atoms with E-state index in [9.17, 15) is 9.90 Å². The van der Waals surface area contributed by atoms with Gasteiger partial charge in [-0.15, -0.1) is 0 Å². The first-order valence-electron chi connectivity index (χ1n) is 5.28. The topological polar surface area (TPSA) is 54.3 Å². The third-order valence-electron chi connectivity index (χ3n) is 2.95. The molecule has 0 fully saturated rings. The van der Waals surface area contributed by atoms with Gasteiger partial charge in [-0.25, -0.2) is 0 Å². The van der Waals surface area contributed by atoms with Crippen LogP contribution in [0.25, 0.3) is 10.9 Å². The number of aromatic nitrogens is 1. The number of nitrogens with zero attached hydrogens (tertiary/aromatic N) is 1. The van der Waals surface area contributed by atoms with Crippen LogP contribution >= 0.6 is 0 Å². The van der Waals surface area contributed by atoms with Crippen LogP contribution in [0.1, 0.15) is 17.4 Å². The summed E-state index contributed by atoms with van der Waals surface area (Å²) in [5.74, 6) is 0.179. The van der Waals surface area contributed by atoms with E-state index in [0.717, 1.165) is 17.4 Å². The molecule has 16 heavy (non-hydrogen) atoms. The Hall–Kier alpha value is -1.97. The highest BCUT2D eigenvalue weighted by atomic mass is 16.3. The zero-order valence-electron chi connectivity index (χ0n) is 8.90. The minimum atomic E-state index is -0.0468. The van der Waals surface area contributed by atoms with E-state index in [1.807, 2.05) is 23.6 Å². The molecule has 0 bridgehead atoms. The number of phenols is 1. The molecule has 1 aromatic heterocycles. The molecule has 1 aromatic carbocycles. The van der Waals surface area contributed by atoms with Gasteiger partial charge in [0.2, 0.25) is 0 Å². The summed E-state index contributed by atoms with van der Waals surface area (Å²) in [5.41, 5.74) is 1.66. The molecule has 1 aliphatic rings. The fourth-order valence-electron chi connectivity index (χ4n) is 2.26. The van der Waals surface area contributed by atoms with Crippen LogP contribution < -0.4 is 5.32 Å². The molecule has 3 rings (SSSR count). The number of amides is 1. The van der Waals surface area contributed by atoms with Gasteiger partial charge in [-0.2, -0.15) is 0 Å². The van der Waals surface area contributed by atoms with Gasteiger partial charge in [0.25, 0.3) is 5.91 Å². The first-order chi connectivity index (χ1) is 7.65. The number of hydrogen-bond acceptors (Lipinski definition) is 2. The van der Waals surface area contributed by atoms with Crippen molar-refractivity contribution in [1.29, 1.82) is 0 Å². The lowest BCUT2D eigenvalue weighted by Crippen LogP contribution is -2.42. The number of carbonyl (C=O) groups is 1. The van der Waals surface area contributed by atoms with Crippen LogP contribution in [0.4, 0.5) is 0 Å². The summed E-state index contributed by atoms with van der Waals surface area (Å²) in [7, 11) is 0. The Bertz CT molecular complexity index is 586. The van der Waals surface area contributed by atoms with E-state index in [4.69, 9.17) is 0 Å². The van der Waals surface area contributed by atoms with Crippen LogP contribution in [0, 0.1) is 0 Å². The highest BCUT2D eigenvalue weighted by molar-refractivity contribution is 5.99. The second kappa shape index (κ2) is 3.01. The molecule has 0 unspecified atom stereocenters. The van der Waals surface area contributed by atoms with Gasteiger partial charge in [0.05, 0.1) is 0 Å². The second-order valence-corrected chi connectivity index (χ2v) is 4.26. The number of aromatic hydroxyl groups is 1. The number of hydrogen-bond donors (Lipinski definition) is 2. The summed E-state index contributed by atoms with van der Waals surface area (Å²) in [6, 6.07) is 7.13. The van der Waals surface area contributed by atoms with Crippen molar-refractivity contribution in [1.82, 2.24) is 9.88 Å². The lowest BCUT2D eigenvalue weighted by molar-refractivity contribution is 0.0907. The third-order valence-corrected chi connectivity index (χ3v) is 2.95. The van der Waals surface area contributed by atoms with E-state index in [2.05, 4.69) is 5.32 Å². The Balaban J connectivity index is 2.30. The van der Waals surface area contributed by atoms with Crippen molar-refractivity contribution in [3.8, 4) is 5.75 Å². The molecule has 2 N–H and O–H groups in total. The van der Waals surface area contributed by atoms with Gasteiger partial charge in [-0.1, -0.05) is 0 Å². The van der Waals surface area contributed by atoms with Crippen molar-refractivity contribution >= 4 is 16.8 Å². The maximum Gasteiger partial charge on any atom is 0.268 e. The zero-order valence-corrected chi connectivity index (χ0v) is 8.90. The van der Waals surface area contributed by atoms with Gasteiger partial charge in [0.1, 0.15) is 11.4 Å². The van der Waals surface area contributed by atoms with Gasteiger partial charge in [0, 0.05) is 23.5 Å². The molecule has 0 radical (unpaired) electrons. The largest absolute Gasteiger partial charge is 0.508 e. The van der Waals surface area contributed by atoms with Crippen LogP contribution in [-0.2, 0) is 6.54 Å². The zero-order chi connectivity index (χ0) is 11.3. The monoisotopic (exact) mass is 216 g/mol. The molecule has 4 nitrogen and oxygen atoms in total. The Morgan fingerprint density at radius 1 is 1.44 bits per heavy atom. The maximum absolute atomic E-state index is 11.8. The van der Waals surface area contributed by atoms with Crippen LogP contribution in [0.5, 0.6) is 5.75 Å². The Morgan fingerprint density at radius 2 is 2.25 bits per heavy atom. The van der Waals surface area contributed by atoms with E-state index in [-0.39, 0.29) is 17.7 Å². The standard InChI is InChI=1S/C12H12N2O2/c1-7-6-14-10-3-2-9(15)4-8(10)5-11(14)12(16)13-7/h2-5,7,15H,6H2,1H3,(H,13,16)/t7-/m1/s1. The average molecular weight is 216 g/mol. The highest BCUT2D eigenvalue weighted by Gasteiger charge is 2.23. The molecule has 4 heteroatoms. The first-order valence-corrected chi connectivity index (χ1v) is 5.28. The summed E-state index contributed by atoms with van der Waals surface area (Å²) in [5, 5.41) is 13.2. The quantitative estimate of drug-likeness (QED) is 0.700. The number of carbonyl (C=O) groups excluding carboxylic acids is 1. The van der Waals surface area contributed by atoms with Crippen LogP contribution in [0.15, 0.2) is 24.3 Å². The molecule has 2 heterocycles. The lowest BCUT2D eigenvalue weighted by atomic mass is 10.2. The van der Waals surface area contributed by atoms with Crippen LogP contribution in [0.3, 0.4) is 0 Å². The van der Waals surface area contributed by atoms with Crippen molar-refractivity contribution in [3.05, 3.63) is 30.0 Å². The van der Waals surface area contributed by atoms with Crippen LogP contribution in [-0.4, -0.2) is 21.6 Å². The van der Waals surface area contributed by atoms with Crippen molar-refractivity contribution in [2.24, 2.45) is 0 Å². The fraction of sp³-hybridized carbons (Fsp3) is 0.250. The van der Waals surface area contributed by atoms with E-state index >= 15 is 0 Å². The van der Waals surface area contributed by atoms with Gasteiger partial charge >= 0.3 is 0 Å². The molecular formula is C12H12N2O2. The number of benzene rings is 1. The van der Waals surface area contributed by atoms with E-state index in [1.165, 1.54) is 0 Å².